The van der Waals surface area contributed by atoms with E-state index >= 15 is 0 Å². The van der Waals surface area contributed by atoms with Gasteiger partial charge in [-0.25, -0.2) is 0 Å². The number of alkyl halides is 1. The smallest absolute Gasteiger partial charge is 0.831 e. The van der Waals surface area contributed by atoms with Gasteiger partial charge in [-0.3, -0.25) is 0 Å². The molecule has 0 aromatic heterocycles. The van der Waals surface area contributed by atoms with Crippen molar-refractivity contribution < 1.29 is 44.9 Å². The first-order chi connectivity index (χ1) is 19.6. The quantitative estimate of drug-likeness (QED) is 0.159. The van der Waals surface area contributed by atoms with Crippen LogP contribution in [0.3, 0.4) is 0 Å². The number of aliphatic hydroxyl groups is 2. The van der Waals surface area contributed by atoms with Crippen molar-refractivity contribution in [1.29, 1.82) is 0 Å². The number of piperidine rings is 1. The molecule has 10 unspecified atom stereocenters. The van der Waals surface area contributed by atoms with Crippen LogP contribution in [-0.4, -0.2) is 50.6 Å². The molecule has 7 heteroatoms. The van der Waals surface area contributed by atoms with Crippen LogP contribution in [-0.2, 0) is 0 Å². The Balaban J connectivity index is 0.00000405. The topological polar surface area (TPSA) is 75.5 Å². The summed E-state index contributed by atoms with van der Waals surface area (Å²) in [4.78, 5) is 0. The average molecular weight is 634 g/mol. The molecule has 1 aliphatic heterocycles. The molecule has 5 fully saturated rings. The minimum atomic E-state index is -1.42. The van der Waals surface area contributed by atoms with E-state index in [0.29, 0.717) is 41.0 Å². The van der Waals surface area contributed by atoms with Gasteiger partial charge in [-0.15, -0.1) is 11.6 Å². The minimum Gasteiger partial charge on any atom is -0.831 e. The minimum absolute atomic E-state index is 0. The Kier molecular flexibility index (Phi) is 14.3. The number of nitrogens with one attached hydrogen (secondary N) is 1. The molecular weight excluding hydrogens is 573 g/mol. The third-order valence-corrected chi connectivity index (χ3v) is 14.6. The van der Waals surface area contributed by atoms with Crippen molar-refractivity contribution in [3.8, 4) is 0 Å². The van der Waals surface area contributed by atoms with E-state index in [1.54, 1.807) is 0 Å². The summed E-state index contributed by atoms with van der Waals surface area (Å²) in [6, 6.07) is 1.34. The van der Waals surface area contributed by atoms with Crippen LogP contribution >= 0.6 is 23.4 Å². The first kappa shape index (κ1) is 36.3. The molecule has 4 aliphatic carbocycles. The van der Waals surface area contributed by atoms with Gasteiger partial charge in [0, 0.05) is 22.7 Å². The van der Waals surface area contributed by atoms with E-state index in [9.17, 15) is 15.3 Å². The summed E-state index contributed by atoms with van der Waals surface area (Å²) < 4.78 is 0. The molecule has 0 aromatic carbocycles. The molecule has 0 amide bonds. The summed E-state index contributed by atoms with van der Waals surface area (Å²) in [5.74, 6) is 4.59. The van der Waals surface area contributed by atoms with Gasteiger partial charge in [0.05, 0.1) is 5.60 Å². The van der Waals surface area contributed by atoms with Crippen molar-refractivity contribution in [1.82, 2.24) is 5.32 Å². The maximum atomic E-state index is 11.6. The van der Waals surface area contributed by atoms with Crippen LogP contribution in [0.1, 0.15) is 142 Å². The van der Waals surface area contributed by atoms with Crippen molar-refractivity contribution in [3.05, 3.63) is 0 Å². The molecule has 1 heterocycles. The normalized spacial score (nSPS) is 38.1. The van der Waals surface area contributed by atoms with E-state index in [2.05, 4.69) is 17.1 Å². The number of aliphatic hydroxyl groups excluding tert-OH is 1. The molecule has 1 saturated heterocycles. The standard InChI is InChI=1S/C35H61ClNO3S.Na/c1-34(2,40)30-9-4-3-7-25(30)13-17-32(41-23-35(18-19-35)22-33(38)39)27-8-5-6-24(20-27)10-15-29-16-12-26-11-14-28(36)21-31(26)37-29;/h24-33,37-38,40H,3-23H2,1-2H3;/q-1;+1. The second kappa shape index (κ2) is 16.5. The molecule has 0 aromatic rings. The molecule has 4 nitrogen and oxygen atoms in total. The Labute approximate surface area is 289 Å². The summed E-state index contributed by atoms with van der Waals surface area (Å²) in [5.41, 5.74) is -0.480. The Hall–Kier alpha value is 1.48. The first-order valence-corrected chi connectivity index (χ1v) is 19.2. The van der Waals surface area contributed by atoms with E-state index in [1.165, 1.54) is 103 Å². The van der Waals surface area contributed by atoms with Crippen LogP contribution in [0.4, 0.5) is 0 Å². The van der Waals surface area contributed by atoms with Crippen LogP contribution in [0.15, 0.2) is 0 Å². The van der Waals surface area contributed by atoms with E-state index in [4.69, 9.17) is 11.6 Å². The van der Waals surface area contributed by atoms with Crippen LogP contribution in [0.2, 0.25) is 0 Å². The fourth-order valence-corrected chi connectivity index (χ4v) is 11.8. The summed E-state index contributed by atoms with van der Waals surface area (Å²) in [5, 5.41) is 37.2. The van der Waals surface area contributed by atoms with Crippen molar-refractivity contribution >= 4 is 23.4 Å². The molecule has 0 spiro atoms. The molecule has 5 aliphatic rings. The van der Waals surface area contributed by atoms with Crippen LogP contribution in [0.25, 0.3) is 0 Å². The van der Waals surface area contributed by atoms with Crippen molar-refractivity contribution in [2.75, 3.05) is 5.75 Å². The van der Waals surface area contributed by atoms with Crippen LogP contribution in [0, 0.1) is 35.0 Å². The third-order valence-electron chi connectivity index (χ3n) is 12.3. The predicted molar refractivity (Wildman–Crippen MR) is 171 cm³/mol. The zero-order valence-electron chi connectivity index (χ0n) is 27.2. The van der Waals surface area contributed by atoms with Gasteiger partial charge in [-0.05, 0) is 157 Å². The van der Waals surface area contributed by atoms with Gasteiger partial charge in [0.15, 0.2) is 0 Å². The van der Waals surface area contributed by atoms with Gasteiger partial charge in [-0.1, -0.05) is 32.1 Å². The van der Waals surface area contributed by atoms with Crippen LogP contribution in [0.5, 0.6) is 0 Å². The molecule has 3 N–H and O–H groups in total. The fraction of sp³-hybridized carbons (Fsp3) is 1.00. The molecule has 0 bridgehead atoms. The number of halogens is 1. The first-order valence-electron chi connectivity index (χ1n) is 17.7. The Morgan fingerprint density at radius 1 is 0.952 bits per heavy atom. The fourth-order valence-electron chi connectivity index (χ4n) is 9.69. The molecule has 5 rings (SSSR count). The van der Waals surface area contributed by atoms with Crippen LogP contribution < -0.4 is 40.0 Å². The van der Waals surface area contributed by atoms with Gasteiger partial charge in [0.2, 0.25) is 0 Å². The molecule has 10 atom stereocenters. The molecule has 4 saturated carbocycles. The largest absolute Gasteiger partial charge is 1.00 e. The number of rotatable bonds is 13. The maximum Gasteiger partial charge on any atom is 1.00 e. The van der Waals surface area contributed by atoms with Crippen molar-refractivity contribution in [3.63, 3.8) is 0 Å². The summed E-state index contributed by atoms with van der Waals surface area (Å²) in [7, 11) is 0. The monoisotopic (exact) mass is 633 g/mol. The van der Waals surface area contributed by atoms with E-state index < -0.39 is 11.9 Å². The zero-order valence-corrected chi connectivity index (χ0v) is 30.8. The average Bonchev–Trinajstić information content (AvgIpc) is 3.70. The second-order valence-electron chi connectivity index (χ2n) is 16.0. The Morgan fingerprint density at radius 3 is 2.45 bits per heavy atom. The summed E-state index contributed by atoms with van der Waals surface area (Å²) >= 11 is 8.69. The van der Waals surface area contributed by atoms with E-state index in [0.717, 1.165) is 42.8 Å². The summed E-state index contributed by atoms with van der Waals surface area (Å²) in [6.07, 6.45) is 23.3. The van der Waals surface area contributed by atoms with Gasteiger partial charge in [0.25, 0.3) is 0 Å². The number of thioether (sulfide) groups is 1. The second-order valence-corrected chi connectivity index (χ2v) is 17.8. The zero-order chi connectivity index (χ0) is 29.0. The van der Waals surface area contributed by atoms with E-state index in [-0.39, 0.29) is 35.0 Å². The molecule has 238 valence electrons. The number of hydrogen-bond acceptors (Lipinski definition) is 5. The van der Waals surface area contributed by atoms with E-state index in [1.807, 2.05) is 13.8 Å². The van der Waals surface area contributed by atoms with Gasteiger partial charge >= 0.3 is 29.6 Å². The maximum absolute atomic E-state index is 11.6. The predicted octanol–water partition coefficient (Wildman–Crippen LogP) is 4.41. The van der Waals surface area contributed by atoms with Crippen molar-refractivity contribution in [2.24, 2.45) is 35.0 Å². The Morgan fingerprint density at radius 2 is 1.71 bits per heavy atom. The molecule has 0 radical (unpaired) electrons. The number of hydrogen-bond donors (Lipinski definition) is 3. The van der Waals surface area contributed by atoms with Crippen molar-refractivity contribution in [2.45, 2.75) is 177 Å². The number of fused-ring (bicyclic) bond motifs is 1. The SMILES string of the molecule is CC(C)(O)C1CCCCC1CCC(SCC1(CC([O-])O)CC1)C1CCCC(CCC2CCC3CCC(Cl)CC3N2)C1.[Na+]. The summed E-state index contributed by atoms with van der Waals surface area (Å²) in [6.45, 7) is 4.06. The third kappa shape index (κ3) is 10.5. The van der Waals surface area contributed by atoms with Gasteiger partial charge in [0.1, 0.15) is 0 Å². The molecular formula is C35H61ClNNaO3S. The molecule has 42 heavy (non-hydrogen) atoms. The van der Waals surface area contributed by atoms with Gasteiger partial charge < -0.3 is 20.6 Å². The van der Waals surface area contributed by atoms with Gasteiger partial charge in [-0.2, -0.15) is 11.8 Å². The Bertz CT molecular complexity index is 808.